The first kappa shape index (κ1) is 13.9. The van der Waals surface area contributed by atoms with E-state index in [4.69, 9.17) is 5.73 Å². The van der Waals surface area contributed by atoms with Crippen molar-refractivity contribution in [3.05, 3.63) is 53.1 Å². The van der Waals surface area contributed by atoms with Crippen molar-refractivity contribution in [2.75, 3.05) is 11.1 Å². The van der Waals surface area contributed by atoms with Gasteiger partial charge in [-0.25, -0.2) is 0 Å². The van der Waals surface area contributed by atoms with Crippen molar-refractivity contribution in [1.29, 1.82) is 0 Å². The summed E-state index contributed by atoms with van der Waals surface area (Å²) >= 11 is 0. The van der Waals surface area contributed by atoms with E-state index in [0.717, 1.165) is 17.5 Å². The van der Waals surface area contributed by atoms with Gasteiger partial charge < -0.3 is 16.2 Å². The summed E-state index contributed by atoms with van der Waals surface area (Å²) < 4.78 is 0. The zero-order chi connectivity index (χ0) is 14.7. The van der Waals surface area contributed by atoms with Crippen LogP contribution in [0.3, 0.4) is 0 Å². The quantitative estimate of drug-likeness (QED) is 0.592. The molecule has 0 fully saturated rings. The van der Waals surface area contributed by atoms with Gasteiger partial charge in [0, 0.05) is 11.3 Å². The Hall–Kier alpha value is -2.49. The molecule has 0 unspecified atom stereocenters. The Bertz CT molecular complexity index is 651. The van der Waals surface area contributed by atoms with Gasteiger partial charge >= 0.3 is 0 Å². The molecule has 4 nitrogen and oxygen atoms in total. The van der Waals surface area contributed by atoms with Crippen LogP contribution in [0.2, 0.25) is 0 Å². The average molecular weight is 270 g/mol. The molecular formula is C16H18N2O2. The molecule has 0 saturated carbocycles. The number of anilines is 2. The number of nitrogens with one attached hydrogen (secondary N) is 1. The fraction of sp³-hybridized carbons (Fsp3) is 0.188. The number of benzene rings is 2. The first-order valence-corrected chi connectivity index (χ1v) is 6.51. The lowest BCUT2D eigenvalue weighted by atomic mass is 10.1. The summed E-state index contributed by atoms with van der Waals surface area (Å²) in [6, 6.07) is 10.4. The molecule has 0 aliphatic carbocycles. The zero-order valence-electron chi connectivity index (χ0n) is 11.6. The fourth-order valence-electron chi connectivity index (χ4n) is 1.99. The minimum atomic E-state index is -0.279. The molecule has 4 N–H and O–H groups in total. The molecule has 0 aromatic heterocycles. The Morgan fingerprint density at radius 1 is 1.30 bits per heavy atom. The van der Waals surface area contributed by atoms with E-state index in [2.05, 4.69) is 5.32 Å². The van der Waals surface area contributed by atoms with Gasteiger partial charge in [0.05, 0.1) is 5.69 Å². The van der Waals surface area contributed by atoms with E-state index < -0.39 is 0 Å². The second-order valence-corrected chi connectivity index (χ2v) is 4.68. The van der Waals surface area contributed by atoms with E-state index >= 15 is 0 Å². The molecule has 0 heterocycles. The Morgan fingerprint density at radius 3 is 2.75 bits per heavy atom. The number of hydrogen-bond donors (Lipinski definition) is 3. The molecule has 2 aromatic carbocycles. The Kier molecular flexibility index (Phi) is 3.94. The predicted molar refractivity (Wildman–Crippen MR) is 81.0 cm³/mol. The number of amides is 1. The summed E-state index contributed by atoms with van der Waals surface area (Å²) in [5.74, 6) is -0.226. The van der Waals surface area contributed by atoms with Crippen LogP contribution in [0.4, 0.5) is 11.4 Å². The SMILES string of the molecule is CCc1ccc(O)c(NC(=O)c2cccc(N)c2C)c1. The lowest BCUT2D eigenvalue weighted by molar-refractivity contribution is 0.102. The largest absolute Gasteiger partial charge is 0.506 e. The maximum atomic E-state index is 12.3. The summed E-state index contributed by atoms with van der Waals surface area (Å²) in [6.45, 7) is 3.81. The van der Waals surface area contributed by atoms with Gasteiger partial charge in [0.25, 0.3) is 5.91 Å². The van der Waals surface area contributed by atoms with Gasteiger partial charge in [0.2, 0.25) is 0 Å². The van der Waals surface area contributed by atoms with Crippen LogP contribution in [-0.4, -0.2) is 11.0 Å². The molecule has 4 heteroatoms. The van der Waals surface area contributed by atoms with Gasteiger partial charge in [-0.3, -0.25) is 4.79 Å². The molecule has 20 heavy (non-hydrogen) atoms. The first-order chi connectivity index (χ1) is 9.52. The topological polar surface area (TPSA) is 75.3 Å². The average Bonchev–Trinajstić information content (AvgIpc) is 2.44. The molecule has 1 amide bonds. The molecule has 0 bridgehead atoms. The highest BCUT2D eigenvalue weighted by Crippen LogP contribution is 2.26. The molecule has 0 radical (unpaired) electrons. The predicted octanol–water partition coefficient (Wildman–Crippen LogP) is 3.10. The second kappa shape index (κ2) is 5.65. The van der Waals surface area contributed by atoms with Gasteiger partial charge in [0.15, 0.2) is 0 Å². The molecular weight excluding hydrogens is 252 g/mol. The molecule has 0 aliphatic rings. The summed E-state index contributed by atoms with van der Waals surface area (Å²) in [5, 5.41) is 12.5. The number of phenolic OH excluding ortho intramolecular Hbond substituents is 1. The van der Waals surface area contributed by atoms with E-state index in [9.17, 15) is 9.90 Å². The van der Waals surface area contributed by atoms with Crippen LogP contribution in [0.1, 0.15) is 28.4 Å². The van der Waals surface area contributed by atoms with E-state index in [1.807, 2.05) is 13.0 Å². The summed E-state index contributed by atoms with van der Waals surface area (Å²) in [5.41, 5.74) is 9.07. The number of carbonyl (C=O) groups excluding carboxylic acids is 1. The smallest absolute Gasteiger partial charge is 0.256 e. The molecule has 0 spiro atoms. The molecule has 0 saturated heterocycles. The number of hydrogen-bond acceptors (Lipinski definition) is 3. The monoisotopic (exact) mass is 270 g/mol. The van der Waals surface area contributed by atoms with E-state index in [-0.39, 0.29) is 11.7 Å². The van der Waals surface area contributed by atoms with Crippen LogP contribution in [0.5, 0.6) is 5.75 Å². The summed E-state index contributed by atoms with van der Waals surface area (Å²) in [7, 11) is 0. The van der Waals surface area contributed by atoms with Gasteiger partial charge in [-0.1, -0.05) is 19.1 Å². The maximum Gasteiger partial charge on any atom is 0.256 e. The third-order valence-electron chi connectivity index (χ3n) is 3.34. The maximum absolute atomic E-state index is 12.3. The van der Waals surface area contributed by atoms with Crippen molar-refractivity contribution in [3.8, 4) is 5.75 Å². The van der Waals surface area contributed by atoms with Crippen LogP contribution in [0.15, 0.2) is 36.4 Å². The number of nitrogens with two attached hydrogens (primary N) is 1. The van der Waals surface area contributed by atoms with Crippen molar-refractivity contribution in [2.45, 2.75) is 20.3 Å². The van der Waals surface area contributed by atoms with Gasteiger partial charge in [-0.15, -0.1) is 0 Å². The lowest BCUT2D eigenvalue weighted by Crippen LogP contribution is -2.14. The fourth-order valence-corrected chi connectivity index (χ4v) is 1.99. The second-order valence-electron chi connectivity index (χ2n) is 4.68. The van der Waals surface area contributed by atoms with Crippen molar-refractivity contribution in [1.82, 2.24) is 0 Å². The van der Waals surface area contributed by atoms with E-state index in [1.54, 1.807) is 37.3 Å². The highest BCUT2D eigenvalue weighted by Gasteiger charge is 2.12. The normalized spacial score (nSPS) is 10.3. The summed E-state index contributed by atoms with van der Waals surface area (Å²) in [6.07, 6.45) is 0.834. The van der Waals surface area contributed by atoms with Crippen molar-refractivity contribution >= 4 is 17.3 Å². The Labute approximate surface area is 118 Å². The molecule has 104 valence electrons. The molecule has 0 atom stereocenters. The number of aryl methyl sites for hydroxylation is 1. The first-order valence-electron chi connectivity index (χ1n) is 6.51. The molecule has 2 rings (SSSR count). The van der Waals surface area contributed by atoms with Crippen LogP contribution >= 0.6 is 0 Å². The van der Waals surface area contributed by atoms with E-state index in [0.29, 0.717) is 16.9 Å². The Morgan fingerprint density at radius 2 is 2.05 bits per heavy atom. The molecule has 2 aromatic rings. The number of nitrogen functional groups attached to an aromatic ring is 1. The minimum absolute atomic E-state index is 0.0529. The Balaban J connectivity index is 2.30. The highest BCUT2D eigenvalue weighted by molar-refractivity contribution is 6.06. The lowest BCUT2D eigenvalue weighted by Gasteiger charge is -2.11. The zero-order valence-corrected chi connectivity index (χ0v) is 11.6. The standard InChI is InChI=1S/C16H18N2O2/c1-3-11-7-8-15(19)14(9-11)18-16(20)12-5-4-6-13(17)10(12)2/h4-9,19H,3,17H2,1-2H3,(H,18,20). The van der Waals surface area contributed by atoms with E-state index in [1.165, 1.54) is 0 Å². The van der Waals surface area contributed by atoms with Gasteiger partial charge in [0.1, 0.15) is 5.75 Å². The van der Waals surface area contributed by atoms with Gasteiger partial charge in [-0.2, -0.15) is 0 Å². The minimum Gasteiger partial charge on any atom is -0.506 e. The highest BCUT2D eigenvalue weighted by atomic mass is 16.3. The number of rotatable bonds is 3. The van der Waals surface area contributed by atoms with Crippen molar-refractivity contribution in [3.63, 3.8) is 0 Å². The number of carbonyl (C=O) groups is 1. The number of phenols is 1. The van der Waals surface area contributed by atoms with Crippen LogP contribution in [0.25, 0.3) is 0 Å². The van der Waals surface area contributed by atoms with Crippen LogP contribution in [-0.2, 0) is 6.42 Å². The van der Waals surface area contributed by atoms with Crippen LogP contribution < -0.4 is 11.1 Å². The van der Waals surface area contributed by atoms with Gasteiger partial charge in [-0.05, 0) is 48.7 Å². The number of aromatic hydroxyl groups is 1. The van der Waals surface area contributed by atoms with Crippen LogP contribution in [0, 0.1) is 6.92 Å². The van der Waals surface area contributed by atoms with Crippen molar-refractivity contribution in [2.24, 2.45) is 0 Å². The third kappa shape index (κ3) is 2.74. The molecule has 0 aliphatic heterocycles. The summed E-state index contributed by atoms with van der Waals surface area (Å²) in [4.78, 5) is 12.3. The van der Waals surface area contributed by atoms with Crippen molar-refractivity contribution < 1.29 is 9.90 Å². The third-order valence-corrected chi connectivity index (χ3v) is 3.34.